The first-order valence-electron chi connectivity index (χ1n) is 6.44. The summed E-state index contributed by atoms with van der Waals surface area (Å²) in [5, 5.41) is 6.20. The average molecular weight is 249 g/mol. The molecule has 1 unspecified atom stereocenters. The molecule has 18 heavy (non-hydrogen) atoms. The number of nitrogens with one attached hydrogen (secondary N) is 2. The Morgan fingerprint density at radius 1 is 1.22 bits per heavy atom. The van der Waals surface area contributed by atoms with Crippen LogP contribution in [0.25, 0.3) is 0 Å². The van der Waals surface area contributed by atoms with Crippen molar-refractivity contribution in [1.82, 2.24) is 15.6 Å². The van der Waals surface area contributed by atoms with Crippen molar-refractivity contribution >= 4 is 5.91 Å². The van der Waals surface area contributed by atoms with Gasteiger partial charge in [0.1, 0.15) is 0 Å². The van der Waals surface area contributed by atoms with Crippen molar-refractivity contribution < 1.29 is 4.79 Å². The molecule has 0 spiro atoms. The van der Waals surface area contributed by atoms with Gasteiger partial charge >= 0.3 is 0 Å². The van der Waals surface area contributed by atoms with Gasteiger partial charge in [-0.25, -0.2) is 0 Å². The summed E-state index contributed by atoms with van der Waals surface area (Å²) in [7, 11) is 0. The number of hydrogen-bond donors (Lipinski definition) is 2. The number of pyridine rings is 1. The van der Waals surface area contributed by atoms with Crippen molar-refractivity contribution in [1.29, 1.82) is 0 Å². The minimum absolute atomic E-state index is 0.0459. The zero-order valence-electron chi connectivity index (χ0n) is 11.6. The molecule has 0 fully saturated rings. The normalized spacial score (nSPS) is 14.3. The largest absolute Gasteiger partial charge is 0.354 e. The second-order valence-electron chi connectivity index (χ2n) is 5.03. The van der Waals surface area contributed by atoms with Crippen LogP contribution in [0.3, 0.4) is 0 Å². The maximum absolute atomic E-state index is 11.8. The Balaban J connectivity index is 2.44. The zero-order chi connectivity index (χ0) is 13.5. The Bertz CT molecular complexity index is 365. The predicted octanol–water partition coefficient (Wildman–Crippen LogP) is 1.89. The number of amides is 1. The summed E-state index contributed by atoms with van der Waals surface area (Å²) in [5.74, 6) is 0.517. The number of rotatable bonds is 6. The lowest BCUT2D eigenvalue weighted by Gasteiger charge is -2.20. The van der Waals surface area contributed by atoms with Gasteiger partial charge in [-0.1, -0.05) is 13.8 Å². The first kappa shape index (κ1) is 14.6. The molecule has 4 nitrogen and oxygen atoms in total. The molecular formula is C14H23N3O. The minimum Gasteiger partial charge on any atom is -0.354 e. The first-order chi connectivity index (χ1) is 8.50. The van der Waals surface area contributed by atoms with Gasteiger partial charge in [-0.2, -0.15) is 0 Å². The highest BCUT2D eigenvalue weighted by Gasteiger charge is 2.15. The van der Waals surface area contributed by atoms with Crippen LogP contribution in [-0.4, -0.2) is 23.5 Å². The number of carbonyl (C=O) groups excluding carboxylic acids is 1. The second-order valence-corrected chi connectivity index (χ2v) is 5.03. The van der Waals surface area contributed by atoms with Gasteiger partial charge in [0.25, 0.3) is 0 Å². The number of hydrogen-bond acceptors (Lipinski definition) is 3. The summed E-state index contributed by atoms with van der Waals surface area (Å²) in [6.45, 7) is 8.80. The van der Waals surface area contributed by atoms with E-state index in [0.29, 0.717) is 12.5 Å². The summed E-state index contributed by atoms with van der Waals surface area (Å²) in [4.78, 5) is 15.8. The van der Waals surface area contributed by atoms with Gasteiger partial charge in [0.2, 0.25) is 5.91 Å². The number of nitrogens with zero attached hydrogens (tertiary/aromatic N) is 1. The quantitative estimate of drug-likeness (QED) is 0.809. The van der Waals surface area contributed by atoms with E-state index in [1.54, 1.807) is 12.4 Å². The Morgan fingerprint density at radius 3 is 2.39 bits per heavy atom. The van der Waals surface area contributed by atoms with Gasteiger partial charge < -0.3 is 5.32 Å². The molecular weight excluding hydrogens is 226 g/mol. The topological polar surface area (TPSA) is 54.0 Å². The van der Waals surface area contributed by atoms with Gasteiger partial charge in [-0.3, -0.25) is 15.1 Å². The standard InChI is InChI=1S/C14H23N3O/c1-10(2)9-16-14(18)12(4)17-11(3)13-5-7-15-8-6-13/h5-8,10-12,17H,9H2,1-4H3,(H,16,18)/t11-,12?/m1/s1. The van der Waals surface area contributed by atoms with E-state index in [-0.39, 0.29) is 18.0 Å². The van der Waals surface area contributed by atoms with Crippen LogP contribution in [0.2, 0.25) is 0 Å². The summed E-state index contributed by atoms with van der Waals surface area (Å²) in [5.41, 5.74) is 1.13. The molecule has 1 heterocycles. The molecule has 0 saturated carbocycles. The summed E-state index contributed by atoms with van der Waals surface area (Å²) in [6, 6.07) is 3.84. The fourth-order valence-corrected chi connectivity index (χ4v) is 1.66. The molecule has 0 saturated heterocycles. The van der Waals surface area contributed by atoms with Crippen molar-refractivity contribution in [2.45, 2.75) is 39.8 Å². The van der Waals surface area contributed by atoms with E-state index >= 15 is 0 Å². The first-order valence-corrected chi connectivity index (χ1v) is 6.44. The Labute approximate surface area is 109 Å². The van der Waals surface area contributed by atoms with Crippen LogP contribution in [0.1, 0.15) is 39.3 Å². The SMILES string of the molecule is CC(C)CNC(=O)C(C)N[C@H](C)c1ccncc1. The summed E-state index contributed by atoms with van der Waals surface area (Å²) in [6.07, 6.45) is 3.52. The third-order valence-corrected chi connectivity index (χ3v) is 2.78. The Kier molecular flexibility index (Phi) is 5.78. The highest BCUT2D eigenvalue weighted by Crippen LogP contribution is 2.10. The molecule has 4 heteroatoms. The van der Waals surface area contributed by atoms with Crippen molar-refractivity contribution in [2.75, 3.05) is 6.54 Å². The minimum atomic E-state index is -0.202. The van der Waals surface area contributed by atoms with Crippen LogP contribution in [0.5, 0.6) is 0 Å². The van der Waals surface area contributed by atoms with E-state index in [4.69, 9.17) is 0 Å². The number of carbonyl (C=O) groups is 1. The lowest BCUT2D eigenvalue weighted by atomic mass is 10.1. The van der Waals surface area contributed by atoms with Crippen molar-refractivity contribution in [3.05, 3.63) is 30.1 Å². The molecule has 2 N–H and O–H groups in total. The number of aromatic nitrogens is 1. The van der Waals surface area contributed by atoms with Crippen molar-refractivity contribution in [2.24, 2.45) is 5.92 Å². The van der Waals surface area contributed by atoms with E-state index in [0.717, 1.165) is 5.56 Å². The smallest absolute Gasteiger partial charge is 0.236 e. The van der Waals surface area contributed by atoms with Crippen LogP contribution < -0.4 is 10.6 Å². The lowest BCUT2D eigenvalue weighted by molar-refractivity contribution is -0.123. The molecule has 1 aromatic heterocycles. The van der Waals surface area contributed by atoms with E-state index in [1.807, 2.05) is 26.0 Å². The molecule has 1 rings (SSSR count). The highest BCUT2D eigenvalue weighted by atomic mass is 16.2. The predicted molar refractivity (Wildman–Crippen MR) is 73.1 cm³/mol. The summed E-state index contributed by atoms with van der Waals surface area (Å²) >= 11 is 0. The van der Waals surface area contributed by atoms with Crippen LogP contribution >= 0.6 is 0 Å². The summed E-state index contributed by atoms with van der Waals surface area (Å²) < 4.78 is 0. The molecule has 0 aliphatic rings. The maximum atomic E-state index is 11.8. The maximum Gasteiger partial charge on any atom is 0.236 e. The van der Waals surface area contributed by atoms with E-state index in [1.165, 1.54) is 0 Å². The van der Waals surface area contributed by atoms with Crippen LogP contribution in [0, 0.1) is 5.92 Å². The van der Waals surface area contributed by atoms with Crippen molar-refractivity contribution in [3.63, 3.8) is 0 Å². The fourth-order valence-electron chi connectivity index (χ4n) is 1.66. The van der Waals surface area contributed by atoms with Gasteiger partial charge in [0.05, 0.1) is 6.04 Å². The molecule has 2 atom stereocenters. The zero-order valence-corrected chi connectivity index (χ0v) is 11.6. The molecule has 0 aromatic carbocycles. The van der Waals surface area contributed by atoms with Crippen LogP contribution in [-0.2, 0) is 4.79 Å². The molecule has 100 valence electrons. The van der Waals surface area contributed by atoms with E-state index in [2.05, 4.69) is 29.5 Å². The second kappa shape index (κ2) is 7.11. The molecule has 1 amide bonds. The highest BCUT2D eigenvalue weighted by molar-refractivity contribution is 5.81. The van der Waals surface area contributed by atoms with Gasteiger partial charge in [-0.05, 0) is 37.5 Å². The van der Waals surface area contributed by atoms with Gasteiger partial charge in [0, 0.05) is 25.0 Å². The van der Waals surface area contributed by atoms with Crippen molar-refractivity contribution in [3.8, 4) is 0 Å². The van der Waals surface area contributed by atoms with Gasteiger partial charge in [0.15, 0.2) is 0 Å². The van der Waals surface area contributed by atoms with E-state index < -0.39 is 0 Å². The fraction of sp³-hybridized carbons (Fsp3) is 0.571. The van der Waals surface area contributed by atoms with Crippen LogP contribution in [0.4, 0.5) is 0 Å². The molecule has 0 aliphatic heterocycles. The van der Waals surface area contributed by atoms with Gasteiger partial charge in [-0.15, -0.1) is 0 Å². The van der Waals surface area contributed by atoms with Crippen LogP contribution in [0.15, 0.2) is 24.5 Å². The molecule has 0 bridgehead atoms. The Morgan fingerprint density at radius 2 is 1.83 bits per heavy atom. The van der Waals surface area contributed by atoms with E-state index in [9.17, 15) is 4.79 Å². The molecule has 1 aromatic rings. The average Bonchev–Trinajstić information content (AvgIpc) is 2.36. The Hall–Kier alpha value is -1.42. The molecule has 0 aliphatic carbocycles. The third-order valence-electron chi connectivity index (χ3n) is 2.78. The lowest BCUT2D eigenvalue weighted by Crippen LogP contribution is -2.44. The monoisotopic (exact) mass is 249 g/mol. The molecule has 0 radical (unpaired) electrons. The third kappa shape index (κ3) is 4.84.